The summed E-state index contributed by atoms with van der Waals surface area (Å²) in [6.45, 7) is 5.17. The maximum Gasteiger partial charge on any atom is 2.00 e. The van der Waals surface area contributed by atoms with Crippen LogP contribution in [0.15, 0.2) is 18.2 Å². The van der Waals surface area contributed by atoms with E-state index in [1.165, 1.54) is 6.61 Å². The fourth-order valence-electron chi connectivity index (χ4n) is 1.40. The minimum atomic E-state index is -1.31. The van der Waals surface area contributed by atoms with Gasteiger partial charge in [-0.15, -0.1) is 0 Å². The Balaban J connectivity index is 0.00000441. The number of hydrogen-bond acceptors (Lipinski definition) is 4. The second kappa shape index (κ2) is 12.4. The molecule has 0 saturated heterocycles. The molecule has 22 heavy (non-hydrogen) atoms. The van der Waals surface area contributed by atoms with Crippen LogP contribution in [0.3, 0.4) is 0 Å². The van der Waals surface area contributed by atoms with Gasteiger partial charge in [-0.2, -0.15) is 6.61 Å². The van der Waals surface area contributed by atoms with Gasteiger partial charge in [0.15, 0.2) is 8.91 Å². The van der Waals surface area contributed by atoms with Crippen LogP contribution in [0.2, 0.25) is 16.6 Å². The fraction of sp³-hybridized carbons (Fsp3) is 0.462. The maximum atomic E-state index is 9.57. The van der Waals surface area contributed by atoms with Crippen molar-refractivity contribution in [3.8, 4) is 0 Å². The average molecular weight is 585 g/mol. The van der Waals surface area contributed by atoms with Crippen molar-refractivity contribution in [1.29, 1.82) is 0 Å². The third kappa shape index (κ3) is 10.7. The number of aliphatic hydroxyl groups is 1. The molecule has 0 fully saturated rings. The first-order chi connectivity index (χ1) is 9.86. The van der Waals surface area contributed by atoms with E-state index in [0.29, 0.717) is 16.7 Å². The van der Waals surface area contributed by atoms with Crippen LogP contribution < -0.4 is 0 Å². The first kappa shape index (κ1) is 23.0. The van der Waals surface area contributed by atoms with Gasteiger partial charge >= 0.3 is 31.1 Å². The van der Waals surface area contributed by atoms with E-state index in [4.69, 9.17) is 44.5 Å². The van der Waals surface area contributed by atoms with Crippen LogP contribution in [0.1, 0.15) is 12.5 Å². The molecule has 2 atom stereocenters. The SMILES string of the molecule is [B][Si](C)OCC(O)[CH-]OC(C)OCc1cc(Cl)cc(Cl)c1.[U+2]. The quantitative estimate of drug-likeness (QED) is 0.276. The second-order valence-electron chi connectivity index (χ2n) is 4.42. The van der Waals surface area contributed by atoms with Crippen molar-refractivity contribution >= 4 is 39.6 Å². The van der Waals surface area contributed by atoms with E-state index in [2.05, 4.69) is 0 Å². The maximum absolute atomic E-state index is 9.57. The Kier molecular flexibility index (Phi) is 12.9. The van der Waals surface area contributed by atoms with Crippen LogP contribution in [0.5, 0.6) is 0 Å². The molecular formula is C13H17BCl2O4SiU+. The van der Waals surface area contributed by atoms with Gasteiger partial charge in [-0.25, -0.2) is 0 Å². The zero-order valence-corrected chi connectivity index (χ0v) is 19.1. The van der Waals surface area contributed by atoms with Gasteiger partial charge in [0.1, 0.15) is 6.29 Å². The summed E-state index contributed by atoms with van der Waals surface area (Å²) in [4.78, 5) is 0. The molecule has 0 spiro atoms. The molecule has 2 unspecified atom stereocenters. The zero-order chi connectivity index (χ0) is 15.8. The number of benzene rings is 1. The predicted molar refractivity (Wildman–Crippen MR) is 85.4 cm³/mol. The van der Waals surface area contributed by atoms with Crippen molar-refractivity contribution in [3.05, 3.63) is 40.4 Å². The number of rotatable bonds is 9. The molecule has 0 aliphatic carbocycles. The van der Waals surface area contributed by atoms with Gasteiger partial charge in [0.25, 0.3) is 0 Å². The molecule has 0 bridgehead atoms. The molecule has 0 amide bonds. The van der Waals surface area contributed by atoms with E-state index in [1.807, 2.05) is 0 Å². The van der Waals surface area contributed by atoms with E-state index in [1.54, 1.807) is 31.7 Å². The van der Waals surface area contributed by atoms with Crippen LogP contribution in [-0.4, -0.2) is 40.5 Å². The summed E-state index contributed by atoms with van der Waals surface area (Å²) in [7, 11) is 4.19. The Morgan fingerprint density at radius 3 is 2.45 bits per heavy atom. The summed E-state index contributed by atoms with van der Waals surface area (Å²) in [5.41, 5.74) is 0.841. The van der Waals surface area contributed by atoms with Crippen LogP contribution in [-0.2, 0) is 20.5 Å². The normalized spacial score (nSPS) is 13.7. The summed E-state index contributed by atoms with van der Waals surface area (Å²) in [6.07, 6.45) is -1.37. The molecule has 0 aliphatic heterocycles. The molecule has 117 valence electrons. The van der Waals surface area contributed by atoms with E-state index < -0.39 is 21.3 Å². The largest absolute Gasteiger partial charge is 2.00 e. The number of hydrogen-bond donors (Lipinski definition) is 1. The Morgan fingerprint density at radius 2 is 1.91 bits per heavy atom. The van der Waals surface area contributed by atoms with Gasteiger partial charge in [-0.1, -0.05) is 29.7 Å². The number of halogens is 2. The molecule has 0 aromatic heterocycles. The minimum Gasteiger partial charge on any atom is -0.527 e. The molecule has 0 saturated carbocycles. The summed E-state index contributed by atoms with van der Waals surface area (Å²) < 4.78 is 15.9. The Morgan fingerprint density at radius 1 is 1.32 bits per heavy atom. The van der Waals surface area contributed by atoms with E-state index in [9.17, 15) is 5.11 Å². The van der Waals surface area contributed by atoms with Crippen molar-refractivity contribution in [2.45, 2.75) is 32.5 Å². The van der Waals surface area contributed by atoms with E-state index in [-0.39, 0.29) is 37.7 Å². The third-order valence-electron chi connectivity index (χ3n) is 2.32. The molecule has 9 heteroatoms. The molecule has 1 rings (SSSR count). The average Bonchev–Trinajstić information content (AvgIpc) is 2.39. The first-order valence-electron chi connectivity index (χ1n) is 6.32. The topological polar surface area (TPSA) is 47.9 Å². The fourth-order valence-corrected chi connectivity index (χ4v) is 2.41. The van der Waals surface area contributed by atoms with Gasteiger partial charge in [0.05, 0.1) is 14.0 Å². The van der Waals surface area contributed by atoms with Gasteiger partial charge in [-0.3, -0.25) is 0 Å². The smallest absolute Gasteiger partial charge is 0.527 e. The van der Waals surface area contributed by atoms with Crippen molar-refractivity contribution in [1.82, 2.24) is 0 Å². The van der Waals surface area contributed by atoms with Crippen molar-refractivity contribution in [3.63, 3.8) is 0 Å². The van der Waals surface area contributed by atoms with Crippen LogP contribution in [0, 0.1) is 37.7 Å². The Labute approximate surface area is 168 Å². The molecule has 0 heterocycles. The predicted octanol–water partition coefficient (Wildman–Crippen LogP) is 2.70. The van der Waals surface area contributed by atoms with E-state index in [0.717, 1.165) is 5.56 Å². The molecular weight excluding hydrogens is 568 g/mol. The van der Waals surface area contributed by atoms with Gasteiger partial charge < -0.3 is 19.0 Å². The van der Waals surface area contributed by atoms with Crippen molar-refractivity contribution in [2.75, 3.05) is 6.61 Å². The van der Waals surface area contributed by atoms with Gasteiger partial charge in [-0.05, 0) is 36.8 Å². The number of aliphatic hydroxyl groups excluding tert-OH is 1. The zero-order valence-electron chi connectivity index (χ0n) is 12.4. The summed E-state index contributed by atoms with van der Waals surface area (Å²) in [6, 6.07) is 5.18. The molecule has 1 aromatic rings. The second-order valence-corrected chi connectivity index (χ2v) is 6.80. The van der Waals surface area contributed by atoms with E-state index >= 15 is 0 Å². The third-order valence-corrected chi connectivity index (χ3v) is 3.37. The first-order valence-corrected chi connectivity index (χ1v) is 9.06. The van der Waals surface area contributed by atoms with Crippen LogP contribution >= 0.6 is 23.2 Å². The summed E-state index contributed by atoms with van der Waals surface area (Å²) in [5.74, 6) is 0. The molecule has 0 aliphatic rings. The molecule has 1 N–H and O–H groups in total. The van der Waals surface area contributed by atoms with Crippen molar-refractivity contribution < 1.29 is 50.1 Å². The standard InChI is InChI=1S/C13H17BCl2O4Si.U/c1-9(19-7-13(17)8-20-21(2)14)18-6-10-3-11(15)5-12(16)4-10;/h3-5,7,9,13,17H,6,8H2,1-2H3;/q-1;+2. The number of ether oxygens (including phenoxy) is 2. The Bertz CT molecular complexity index is 422. The van der Waals surface area contributed by atoms with Crippen LogP contribution in [0.4, 0.5) is 0 Å². The van der Waals surface area contributed by atoms with Gasteiger partial charge in [0, 0.05) is 16.7 Å². The minimum absolute atomic E-state index is 0. The monoisotopic (exact) mass is 584 g/mol. The van der Waals surface area contributed by atoms with Crippen LogP contribution in [0.25, 0.3) is 0 Å². The summed E-state index contributed by atoms with van der Waals surface area (Å²) in [5, 5.41) is 10.7. The molecule has 3 radical (unpaired) electrons. The Hall–Kier alpha value is 0.974. The molecule has 4 nitrogen and oxygen atoms in total. The van der Waals surface area contributed by atoms with Crippen molar-refractivity contribution in [2.24, 2.45) is 0 Å². The summed E-state index contributed by atoms with van der Waals surface area (Å²) >= 11 is 11.8. The molecule has 1 aromatic carbocycles. The van der Waals surface area contributed by atoms with Gasteiger partial charge in [0.2, 0.25) is 0 Å².